The van der Waals surface area contributed by atoms with Crippen LogP contribution in [0.1, 0.15) is 17.3 Å². The number of carbonyl (C=O) groups excluding carboxylic acids is 2. The number of rotatable bonds is 6. The SMILES string of the molecule is C[C@H](Oc1ccc([N+](=O)[O-])cc1C=O)C(=O)Nc1ccccc1F. The third-order valence-corrected chi connectivity index (χ3v) is 3.14. The van der Waals surface area contributed by atoms with Gasteiger partial charge < -0.3 is 10.1 Å². The smallest absolute Gasteiger partial charge is 0.270 e. The molecule has 1 amide bonds. The van der Waals surface area contributed by atoms with Crippen LogP contribution in [0.5, 0.6) is 5.75 Å². The molecule has 0 aliphatic heterocycles. The van der Waals surface area contributed by atoms with Crippen LogP contribution in [0, 0.1) is 15.9 Å². The van der Waals surface area contributed by atoms with Crippen LogP contribution in [0.2, 0.25) is 0 Å². The number of para-hydroxylation sites is 1. The van der Waals surface area contributed by atoms with Crippen molar-refractivity contribution >= 4 is 23.6 Å². The first-order valence-electron chi connectivity index (χ1n) is 6.88. The normalized spacial score (nSPS) is 11.4. The van der Waals surface area contributed by atoms with E-state index in [-0.39, 0.29) is 22.7 Å². The molecule has 0 spiro atoms. The molecular formula is C16H13FN2O5. The average molecular weight is 332 g/mol. The second-order valence-corrected chi connectivity index (χ2v) is 4.83. The Morgan fingerprint density at radius 2 is 2.04 bits per heavy atom. The van der Waals surface area contributed by atoms with Crippen molar-refractivity contribution in [3.8, 4) is 5.75 Å². The Labute approximate surface area is 136 Å². The highest BCUT2D eigenvalue weighted by Crippen LogP contribution is 2.24. The van der Waals surface area contributed by atoms with E-state index in [2.05, 4.69) is 5.32 Å². The van der Waals surface area contributed by atoms with E-state index in [1.807, 2.05) is 0 Å². The summed E-state index contributed by atoms with van der Waals surface area (Å²) in [6.07, 6.45) is -0.658. The molecule has 0 aliphatic rings. The average Bonchev–Trinajstić information content (AvgIpc) is 2.56. The summed E-state index contributed by atoms with van der Waals surface area (Å²) < 4.78 is 18.9. The van der Waals surface area contributed by atoms with Gasteiger partial charge in [-0.2, -0.15) is 0 Å². The van der Waals surface area contributed by atoms with E-state index in [0.29, 0.717) is 6.29 Å². The molecule has 1 atom stereocenters. The Kier molecular flexibility index (Phi) is 5.20. The quantitative estimate of drug-likeness (QED) is 0.498. The summed E-state index contributed by atoms with van der Waals surface area (Å²) in [5.41, 5.74) is -0.333. The highest BCUT2D eigenvalue weighted by Gasteiger charge is 2.19. The van der Waals surface area contributed by atoms with E-state index in [1.54, 1.807) is 6.07 Å². The lowest BCUT2D eigenvalue weighted by molar-refractivity contribution is -0.384. The summed E-state index contributed by atoms with van der Waals surface area (Å²) in [7, 11) is 0. The van der Waals surface area contributed by atoms with E-state index < -0.39 is 22.8 Å². The first kappa shape index (κ1) is 17.1. The van der Waals surface area contributed by atoms with E-state index in [4.69, 9.17) is 4.74 Å². The molecule has 0 bridgehead atoms. The van der Waals surface area contributed by atoms with Gasteiger partial charge in [0.05, 0.1) is 16.2 Å². The molecule has 7 nitrogen and oxygen atoms in total. The highest BCUT2D eigenvalue weighted by molar-refractivity contribution is 5.94. The topological polar surface area (TPSA) is 98.5 Å². The molecule has 0 heterocycles. The fourth-order valence-corrected chi connectivity index (χ4v) is 1.89. The summed E-state index contributed by atoms with van der Waals surface area (Å²) in [6.45, 7) is 1.41. The van der Waals surface area contributed by atoms with Gasteiger partial charge >= 0.3 is 0 Å². The Balaban J connectivity index is 2.12. The third-order valence-electron chi connectivity index (χ3n) is 3.14. The number of hydrogen-bond donors (Lipinski definition) is 1. The molecule has 0 aromatic heterocycles. The number of benzene rings is 2. The van der Waals surface area contributed by atoms with Crippen molar-refractivity contribution in [1.82, 2.24) is 0 Å². The Morgan fingerprint density at radius 1 is 1.33 bits per heavy atom. The van der Waals surface area contributed by atoms with Crippen LogP contribution < -0.4 is 10.1 Å². The molecule has 0 saturated carbocycles. The first-order chi connectivity index (χ1) is 11.4. The molecule has 1 N–H and O–H groups in total. The van der Waals surface area contributed by atoms with Crippen LogP contribution in [-0.4, -0.2) is 23.2 Å². The molecule has 0 aliphatic carbocycles. The van der Waals surface area contributed by atoms with Gasteiger partial charge in [-0.3, -0.25) is 19.7 Å². The number of non-ortho nitro benzene ring substituents is 1. The second kappa shape index (κ2) is 7.32. The highest BCUT2D eigenvalue weighted by atomic mass is 19.1. The molecule has 0 unspecified atom stereocenters. The minimum absolute atomic E-state index is 0.00254. The molecule has 2 aromatic carbocycles. The summed E-state index contributed by atoms with van der Waals surface area (Å²) in [4.78, 5) is 33.1. The Morgan fingerprint density at radius 3 is 2.67 bits per heavy atom. The molecule has 0 radical (unpaired) electrons. The van der Waals surface area contributed by atoms with Crippen molar-refractivity contribution in [2.75, 3.05) is 5.32 Å². The standard InChI is InChI=1S/C16H13FN2O5/c1-10(16(21)18-14-5-3-2-4-13(14)17)24-15-7-6-12(19(22)23)8-11(15)9-20/h2-10H,1H3,(H,18,21)/t10-/m0/s1. The summed E-state index contributed by atoms with van der Waals surface area (Å²) in [5.74, 6) is -1.20. The number of nitrogens with one attached hydrogen (secondary N) is 1. The number of hydrogen-bond acceptors (Lipinski definition) is 5. The number of halogens is 1. The summed E-state index contributed by atoms with van der Waals surface area (Å²) in [5, 5.41) is 13.1. The number of anilines is 1. The van der Waals surface area contributed by atoms with Crippen molar-refractivity contribution < 1.29 is 23.6 Å². The van der Waals surface area contributed by atoms with Crippen LogP contribution in [0.4, 0.5) is 15.8 Å². The van der Waals surface area contributed by atoms with E-state index in [0.717, 1.165) is 12.1 Å². The van der Waals surface area contributed by atoms with E-state index in [9.17, 15) is 24.1 Å². The van der Waals surface area contributed by atoms with Gasteiger partial charge in [-0.15, -0.1) is 0 Å². The summed E-state index contributed by atoms with van der Waals surface area (Å²) >= 11 is 0. The van der Waals surface area contributed by atoms with Crippen molar-refractivity contribution in [1.29, 1.82) is 0 Å². The lowest BCUT2D eigenvalue weighted by Crippen LogP contribution is -2.30. The van der Waals surface area contributed by atoms with Gasteiger partial charge in [-0.1, -0.05) is 12.1 Å². The Hall–Kier alpha value is -3.29. The number of carbonyl (C=O) groups is 2. The fraction of sp³-hybridized carbons (Fsp3) is 0.125. The van der Waals surface area contributed by atoms with Crippen LogP contribution >= 0.6 is 0 Å². The molecule has 0 fully saturated rings. The zero-order chi connectivity index (χ0) is 17.7. The first-order valence-corrected chi connectivity index (χ1v) is 6.88. The molecule has 24 heavy (non-hydrogen) atoms. The van der Waals surface area contributed by atoms with Gasteiger partial charge in [0.1, 0.15) is 11.6 Å². The number of nitrogens with zero attached hydrogens (tertiary/aromatic N) is 1. The predicted octanol–water partition coefficient (Wildman–Crippen LogP) is 2.95. The third kappa shape index (κ3) is 3.92. The maximum Gasteiger partial charge on any atom is 0.270 e. The van der Waals surface area contributed by atoms with Crippen molar-refractivity contribution in [3.63, 3.8) is 0 Å². The van der Waals surface area contributed by atoms with Gasteiger partial charge in [0.2, 0.25) is 0 Å². The molecule has 2 rings (SSSR count). The minimum Gasteiger partial charge on any atom is -0.480 e. The molecule has 0 saturated heterocycles. The lowest BCUT2D eigenvalue weighted by Gasteiger charge is -2.16. The molecule has 2 aromatic rings. The number of nitro groups is 1. The number of amides is 1. The van der Waals surface area contributed by atoms with Crippen LogP contribution in [0.3, 0.4) is 0 Å². The van der Waals surface area contributed by atoms with E-state index >= 15 is 0 Å². The fourth-order valence-electron chi connectivity index (χ4n) is 1.89. The van der Waals surface area contributed by atoms with Crippen molar-refractivity contribution in [3.05, 3.63) is 64.0 Å². The lowest BCUT2D eigenvalue weighted by atomic mass is 10.2. The van der Waals surface area contributed by atoms with Crippen molar-refractivity contribution in [2.24, 2.45) is 0 Å². The van der Waals surface area contributed by atoms with Gasteiger partial charge in [-0.25, -0.2) is 4.39 Å². The minimum atomic E-state index is -1.05. The van der Waals surface area contributed by atoms with Gasteiger partial charge in [0, 0.05) is 12.1 Å². The number of ether oxygens (including phenoxy) is 1. The Bertz CT molecular complexity index is 794. The maximum absolute atomic E-state index is 13.5. The van der Waals surface area contributed by atoms with Crippen LogP contribution in [-0.2, 0) is 4.79 Å². The monoisotopic (exact) mass is 332 g/mol. The maximum atomic E-state index is 13.5. The number of nitro benzene ring substituents is 1. The van der Waals surface area contributed by atoms with Gasteiger partial charge in [0.25, 0.3) is 11.6 Å². The predicted molar refractivity (Wildman–Crippen MR) is 83.6 cm³/mol. The molecule has 124 valence electrons. The zero-order valence-electron chi connectivity index (χ0n) is 12.6. The zero-order valence-corrected chi connectivity index (χ0v) is 12.6. The second-order valence-electron chi connectivity index (χ2n) is 4.83. The van der Waals surface area contributed by atoms with Crippen LogP contribution in [0.15, 0.2) is 42.5 Å². The summed E-state index contributed by atoms with van der Waals surface area (Å²) in [6, 6.07) is 9.07. The molecular weight excluding hydrogens is 319 g/mol. The number of aldehydes is 1. The molecule has 8 heteroatoms. The van der Waals surface area contributed by atoms with Crippen LogP contribution in [0.25, 0.3) is 0 Å². The van der Waals surface area contributed by atoms with Gasteiger partial charge in [-0.05, 0) is 25.1 Å². The largest absolute Gasteiger partial charge is 0.480 e. The van der Waals surface area contributed by atoms with Crippen molar-refractivity contribution in [2.45, 2.75) is 13.0 Å². The van der Waals surface area contributed by atoms with E-state index in [1.165, 1.54) is 31.2 Å². The van der Waals surface area contributed by atoms with Gasteiger partial charge in [0.15, 0.2) is 12.4 Å².